The third kappa shape index (κ3) is 3.76. The SMILES string of the molecule is COc1ccc(COCc2cccnc2C(N)=S)cc1. The van der Waals surface area contributed by atoms with Crippen molar-refractivity contribution in [1.29, 1.82) is 0 Å². The van der Waals surface area contributed by atoms with E-state index in [1.807, 2.05) is 36.4 Å². The second-order valence-corrected chi connectivity index (χ2v) is 4.66. The molecule has 1 heterocycles. The maximum atomic E-state index is 5.67. The van der Waals surface area contributed by atoms with Crippen LogP contribution in [0, 0.1) is 0 Å². The van der Waals surface area contributed by atoms with Crippen LogP contribution in [0.15, 0.2) is 42.6 Å². The van der Waals surface area contributed by atoms with Crippen LogP contribution in [0.2, 0.25) is 0 Å². The lowest BCUT2D eigenvalue weighted by Crippen LogP contribution is -2.14. The Labute approximate surface area is 123 Å². The number of rotatable bonds is 6. The van der Waals surface area contributed by atoms with E-state index >= 15 is 0 Å². The standard InChI is InChI=1S/C15H16N2O2S/c1-18-13-6-4-11(5-7-13)9-19-10-12-3-2-8-17-14(12)15(16)20/h2-8H,9-10H2,1H3,(H2,16,20). The van der Waals surface area contributed by atoms with Crippen molar-refractivity contribution in [3.63, 3.8) is 0 Å². The van der Waals surface area contributed by atoms with E-state index in [0.717, 1.165) is 16.9 Å². The molecule has 0 spiro atoms. The molecule has 4 nitrogen and oxygen atoms in total. The van der Waals surface area contributed by atoms with Gasteiger partial charge in [-0.25, -0.2) is 0 Å². The topological polar surface area (TPSA) is 57.4 Å². The molecule has 5 heteroatoms. The van der Waals surface area contributed by atoms with Crippen molar-refractivity contribution in [2.75, 3.05) is 7.11 Å². The third-order valence-electron chi connectivity index (χ3n) is 2.81. The van der Waals surface area contributed by atoms with Gasteiger partial charge in [0.2, 0.25) is 0 Å². The van der Waals surface area contributed by atoms with Crippen LogP contribution >= 0.6 is 12.2 Å². The molecular formula is C15H16N2O2S. The van der Waals surface area contributed by atoms with Crippen molar-refractivity contribution < 1.29 is 9.47 Å². The number of aromatic nitrogens is 1. The summed E-state index contributed by atoms with van der Waals surface area (Å²) >= 11 is 4.97. The number of pyridine rings is 1. The summed E-state index contributed by atoms with van der Waals surface area (Å²) in [5.41, 5.74) is 8.22. The average Bonchev–Trinajstić information content (AvgIpc) is 2.48. The molecule has 1 aromatic carbocycles. The van der Waals surface area contributed by atoms with Crippen molar-refractivity contribution in [2.24, 2.45) is 5.73 Å². The maximum Gasteiger partial charge on any atom is 0.123 e. The summed E-state index contributed by atoms with van der Waals surface area (Å²) < 4.78 is 10.8. The van der Waals surface area contributed by atoms with Gasteiger partial charge in [0.15, 0.2) is 0 Å². The van der Waals surface area contributed by atoms with Crippen LogP contribution in [0.4, 0.5) is 0 Å². The smallest absolute Gasteiger partial charge is 0.123 e. The number of hydrogen-bond acceptors (Lipinski definition) is 4. The summed E-state index contributed by atoms with van der Waals surface area (Å²) in [5.74, 6) is 0.830. The van der Waals surface area contributed by atoms with Crippen molar-refractivity contribution in [1.82, 2.24) is 4.98 Å². The molecule has 0 aliphatic rings. The average molecular weight is 288 g/mol. The fourth-order valence-electron chi connectivity index (χ4n) is 1.78. The second kappa shape index (κ2) is 6.98. The zero-order valence-electron chi connectivity index (χ0n) is 11.2. The van der Waals surface area contributed by atoms with Crippen molar-refractivity contribution >= 4 is 17.2 Å². The summed E-state index contributed by atoms with van der Waals surface area (Å²) in [7, 11) is 1.64. The second-order valence-electron chi connectivity index (χ2n) is 4.22. The number of thiocarbonyl (C=S) groups is 1. The molecule has 0 bridgehead atoms. The summed E-state index contributed by atoms with van der Waals surface area (Å²) in [6, 6.07) is 11.5. The first-order chi connectivity index (χ1) is 9.70. The van der Waals surface area contributed by atoms with Gasteiger partial charge in [-0.15, -0.1) is 0 Å². The number of methoxy groups -OCH3 is 1. The van der Waals surface area contributed by atoms with Crippen molar-refractivity contribution in [2.45, 2.75) is 13.2 Å². The van der Waals surface area contributed by atoms with Crippen molar-refractivity contribution in [3.8, 4) is 5.75 Å². The van der Waals surface area contributed by atoms with Gasteiger partial charge in [-0.1, -0.05) is 30.4 Å². The van der Waals surface area contributed by atoms with Gasteiger partial charge in [0.1, 0.15) is 16.4 Å². The summed E-state index contributed by atoms with van der Waals surface area (Å²) in [6.07, 6.45) is 1.67. The minimum absolute atomic E-state index is 0.286. The van der Waals surface area contributed by atoms with Crippen LogP contribution in [0.25, 0.3) is 0 Å². The lowest BCUT2D eigenvalue weighted by molar-refractivity contribution is 0.107. The number of ether oxygens (including phenoxy) is 2. The van der Waals surface area contributed by atoms with E-state index in [1.54, 1.807) is 13.3 Å². The minimum Gasteiger partial charge on any atom is -0.497 e. The highest BCUT2D eigenvalue weighted by molar-refractivity contribution is 7.80. The molecule has 0 atom stereocenters. The highest BCUT2D eigenvalue weighted by Crippen LogP contribution is 2.13. The third-order valence-corrected chi connectivity index (χ3v) is 3.00. The summed E-state index contributed by atoms with van der Waals surface area (Å²) in [4.78, 5) is 4.45. The molecule has 20 heavy (non-hydrogen) atoms. The lowest BCUT2D eigenvalue weighted by Gasteiger charge is -2.08. The highest BCUT2D eigenvalue weighted by atomic mass is 32.1. The van der Waals surface area contributed by atoms with Gasteiger partial charge in [0, 0.05) is 11.8 Å². The van der Waals surface area contributed by atoms with Gasteiger partial charge in [-0.2, -0.15) is 0 Å². The normalized spacial score (nSPS) is 10.2. The molecule has 0 unspecified atom stereocenters. The van der Waals surface area contributed by atoms with E-state index < -0.39 is 0 Å². The molecule has 1 aromatic heterocycles. The van der Waals surface area contributed by atoms with E-state index in [1.165, 1.54) is 0 Å². The van der Waals surface area contributed by atoms with E-state index in [-0.39, 0.29) is 4.99 Å². The number of nitrogens with zero attached hydrogens (tertiary/aromatic N) is 1. The molecule has 0 aliphatic carbocycles. The monoisotopic (exact) mass is 288 g/mol. The zero-order chi connectivity index (χ0) is 14.4. The Morgan fingerprint density at radius 2 is 1.95 bits per heavy atom. The lowest BCUT2D eigenvalue weighted by atomic mass is 10.2. The summed E-state index contributed by atoms with van der Waals surface area (Å²) in [6.45, 7) is 0.933. The van der Waals surface area contributed by atoms with Crippen LogP contribution in [0.5, 0.6) is 5.75 Å². The number of hydrogen-bond donors (Lipinski definition) is 1. The molecule has 104 valence electrons. The fraction of sp³-hybridized carbons (Fsp3) is 0.200. The Bertz CT molecular complexity index is 585. The molecule has 0 amide bonds. The minimum atomic E-state index is 0.286. The fourth-order valence-corrected chi connectivity index (χ4v) is 1.96. The van der Waals surface area contributed by atoms with Crippen LogP contribution in [0.1, 0.15) is 16.8 Å². The predicted molar refractivity (Wildman–Crippen MR) is 81.6 cm³/mol. The van der Waals surface area contributed by atoms with Gasteiger partial charge in [0.05, 0.1) is 20.3 Å². The van der Waals surface area contributed by atoms with Gasteiger partial charge >= 0.3 is 0 Å². The van der Waals surface area contributed by atoms with Gasteiger partial charge in [0.25, 0.3) is 0 Å². The Kier molecular flexibility index (Phi) is 5.03. The molecule has 0 saturated carbocycles. The predicted octanol–water partition coefficient (Wildman–Crippen LogP) is 2.44. The molecule has 2 N–H and O–H groups in total. The van der Waals surface area contributed by atoms with Gasteiger partial charge in [-0.3, -0.25) is 4.98 Å². The maximum absolute atomic E-state index is 5.67. The van der Waals surface area contributed by atoms with Crippen LogP contribution in [0.3, 0.4) is 0 Å². The van der Waals surface area contributed by atoms with E-state index in [2.05, 4.69) is 4.98 Å². The molecule has 0 fully saturated rings. The van der Waals surface area contributed by atoms with Gasteiger partial charge in [-0.05, 0) is 23.8 Å². The highest BCUT2D eigenvalue weighted by Gasteiger charge is 2.06. The first-order valence-electron chi connectivity index (χ1n) is 6.15. The quantitative estimate of drug-likeness (QED) is 0.827. The Balaban J connectivity index is 1.94. The number of benzene rings is 1. The van der Waals surface area contributed by atoms with Crippen LogP contribution in [-0.4, -0.2) is 17.1 Å². The Morgan fingerprint density at radius 3 is 2.60 bits per heavy atom. The Hall–Kier alpha value is -1.98. The summed E-state index contributed by atoms with van der Waals surface area (Å²) in [5, 5.41) is 0. The van der Waals surface area contributed by atoms with Crippen molar-refractivity contribution in [3.05, 3.63) is 59.4 Å². The largest absolute Gasteiger partial charge is 0.497 e. The molecule has 2 rings (SSSR count). The molecule has 0 saturated heterocycles. The van der Waals surface area contributed by atoms with Gasteiger partial charge < -0.3 is 15.2 Å². The molecule has 2 aromatic rings. The van der Waals surface area contributed by atoms with E-state index in [9.17, 15) is 0 Å². The first kappa shape index (κ1) is 14.4. The Morgan fingerprint density at radius 1 is 1.20 bits per heavy atom. The molecular weight excluding hydrogens is 272 g/mol. The molecule has 0 aliphatic heterocycles. The van der Waals surface area contributed by atoms with E-state index in [4.69, 9.17) is 27.4 Å². The molecule has 0 radical (unpaired) electrons. The van der Waals surface area contributed by atoms with E-state index in [0.29, 0.717) is 18.9 Å². The zero-order valence-corrected chi connectivity index (χ0v) is 12.0. The van der Waals surface area contributed by atoms with Crippen LogP contribution in [-0.2, 0) is 18.0 Å². The first-order valence-corrected chi connectivity index (χ1v) is 6.56. The van der Waals surface area contributed by atoms with Crippen LogP contribution < -0.4 is 10.5 Å². The number of nitrogens with two attached hydrogens (primary N) is 1.